The van der Waals surface area contributed by atoms with E-state index in [2.05, 4.69) is 10.1 Å². The number of oxime groups is 1. The summed E-state index contributed by atoms with van der Waals surface area (Å²) in [6, 6.07) is 7.79. The monoisotopic (exact) mass is 530 g/mol. The van der Waals surface area contributed by atoms with Gasteiger partial charge in [-0.05, 0) is 16.7 Å². The van der Waals surface area contributed by atoms with Crippen LogP contribution < -0.4 is 5.73 Å². The average molecular weight is 531 g/mol. The molecule has 0 unspecified atom stereocenters. The van der Waals surface area contributed by atoms with Gasteiger partial charge in [-0.2, -0.15) is 0 Å². The van der Waals surface area contributed by atoms with Gasteiger partial charge in [0.1, 0.15) is 12.8 Å². The molecule has 0 saturated carbocycles. The quantitative estimate of drug-likeness (QED) is 0.226. The van der Waals surface area contributed by atoms with Gasteiger partial charge in [-0.15, -0.1) is 34.7 Å². The van der Waals surface area contributed by atoms with Crippen LogP contribution in [-0.4, -0.2) is 51.3 Å². The average Bonchev–Trinajstić information content (AvgIpc) is 3.29. The van der Waals surface area contributed by atoms with Crippen LogP contribution in [0.5, 0.6) is 0 Å². The van der Waals surface area contributed by atoms with E-state index in [-0.39, 0.29) is 35.0 Å². The minimum absolute atomic E-state index is 0.0265. The Bertz CT molecular complexity index is 1250. The van der Waals surface area contributed by atoms with Crippen molar-refractivity contribution in [1.82, 2.24) is 9.88 Å². The van der Waals surface area contributed by atoms with Crippen molar-refractivity contribution in [3.63, 3.8) is 0 Å². The number of benzene rings is 1. The number of amides is 1. The molecule has 1 saturated heterocycles. The van der Waals surface area contributed by atoms with Crippen LogP contribution in [0.1, 0.15) is 30.2 Å². The summed E-state index contributed by atoms with van der Waals surface area (Å²) in [7, 11) is 1.33. The molecule has 0 radical (unpaired) electrons. The summed E-state index contributed by atoms with van der Waals surface area (Å²) in [5.74, 6) is -0.383. The lowest BCUT2D eigenvalue weighted by Gasteiger charge is -2.49. The summed E-state index contributed by atoms with van der Waals surface area (Å²) in [5.41, 5.74) is 9.17. The van der Waals surface area contributed by atoms with Crippen LogP contribution in [-0.2, 0) is 25.1 Å². The Labute approximate surface area is 215 Å². The van der Waals surface area contributed by atoms with E-state index in [0.717, 1.165) is 16.7 Å². The molecule has 2 N–H and O–H groups in total. The number of nitrogen functional groups attached to an aromatic ring is 1. The van der Waals surface area contributed by atoms with Crippen molar-refractivity contribution in [3.05, 3.63) is 63.8 Å². The number of thiazole rings is 1. The highest BCUT2D eigenvalue weighted by Crippen LogP contribution is 2.45. The standard InChI is InChI=1S/C24H23ClN4O4S2/c1-13(30)21-16(8-7-14-3-5-15(10-25)6-4-14)11-34-23-17(22(32)29(21)23)9-19(31)20(28-33-2)18-12-35-24(26)27-18/h3-8,12,17,23H,9-11H2,1-2H3,(H2,26,27)/b8-7?,28-20-/t17-,23-/m1/s1. The molecule has 11 heteroatoms. The minimum Gasteiger partial charge on any atom is -0.398 e. The van der Waals surface area contributed by atoms with E-state index in [1.165, 1.54) is 42.0 Å². The first-order valence-corrected chi connectivity index (χ1v) is 13.2. The number of thioether (sulfide) groups is 1. The van der Waals surface area contributed by atoms with Gasteiger partial charge >= 0.3 is 0 Å². The molecule has 0 bridgehead atoms. The summed E-state index contributed by atoms with van der Waals surface area (Å²) < 4.78 is 0. The van der Waals surface area contributed by atoms with Gasteiger partial charge in [-0.1, -0.05) is 41.6 Å². The number of ketones is 2. The number of Topliss-reactive ketones (excluding diaryl/α,β-unsaturated/α-hetero) is 2. The maximum atomic E-state index is 13.1. The highest BCUT2D eigenvalue weighted by atomic mass is 35.5. The molecule has 4 rings (SSSR count). The number of anilines is 1. The Morgan fingerprint density at radius 1 is 1.31 bits per heavy atom. The molecule has 1 amide bonds. The maximum Gasteiger partial charge on any atom is 0.234 e. The molecular formula is C24H23ClN4O4S2. The Hall–Kier alpha value is -2.95. The summed E-state index contributed by atoms with van der Waals surface area (Å²) in [6.45, 7) is 1.45. The first-order chi connectivity index (χ1) is 16.8. The van der Waals surface area contributed by atoms with Crippen molar-refractivity contribution in [3.8, 4) is 0 Å². The van der Waals surface area contributed by atoms with Crippen molar-refractivity contribution >= 4 is 69.1 Å². The fraction of sp³-hybridized carbons (Fsp3) is 0.292. The van der Waals surface area contributed by atoms with Gasteiger partial charge in [-0.25, -0.2) is 4.98 Å². The molecule has 0 spiro atoms. The van der Waals surface area contributed by atoms with E-state index in [4.69, 9.17) is 22.2 Å². The number of carbonyl (C=O) groups excluding carboxylic acids is 3. The number of hydrogen-bond donors (Lipinski definition) is 1. The van der Waals surface area contributed by atoms with Crippen molar-refractivity contribution < 1.29 is 19.2 Å². The lowest BCUT2D eigenvalue weighted by atomic mass is 9.88. The zero-order valence-corrected chi connectivity index (χ0v) is 21.5. The molecule has 0 aliphatic carbocycles. The van der Waals surface area contributed by atoms with E-state index in [9.17, 15) is 14.4 Å². The number of nitrogens with zero attached hydrogens (tertiary/aromatic N) is 3. The van der Waals surface area contributed by atoms with Crippen LogP contribution in [0.15, 0.2) is 52.1 Å². The topological polar surface area (TPSA) is 115 Å². The molecule has 1 aromatic carbocycles. The largest absolute Gasteiger partial charge is 0.398 e. The fourth-order valence-electron chi connectivity index (χ4n) is 4.00. The van der Waals surface area contributed by atoms with Gasteiger partial charge in [0, 0.05) is 30.4 Å². The molecule has 182 valence electrons. The number of nitrogens with two attached hydrogens (primary N) is 1. The van der Waals surface area contributed by atoms with Crippen LogP contribution in [0.3, 0.4) is 0 Å². The number of β-lactam (4-membered cyclic amide) rings is 1. The summed E-state index contributed by atoms with van der Waals surface area (Å²) in [5, 5.41) is 5.44. The second-order valence-corrected chi connectivity index (χ2v) is 10.2. The molecule has 3 heterocycles. The summed E-state index contributed by atoms with van der Waals surface area (Å²) in [6.07, 6.45) is 3.72. The van der Waals surface area contributed by atoms with Gasteiger partial charge < -0.3 is 10.6 Å². The molecule has 1 fully saturated rings. The molecule has 2 aliphatic rings. The summed E-state index contributed by atoms with van der Waals surface area (Å²) >= 11 is 8.56. The second-order valence-electron chi connectivity index (χ2n) is 7.98. The molecule has 1 aromatic heterocycles. The molecule has 8 nitrogen and oxygen atoms in total. The number of carbonyl (C=O) groups is 3. The van der Waals surface area contributed by atoms with E-state index in [1.54, 1.807) is 5.38 Å². The first kappa shape index (κ1) is 25.2. The van der Waals surface area contributed by atoms with Crippen LogP contribution in [0, 0.1) is 5.92 Å². The fourth-order valence-corrected chi connectivity index (χ4v) is 6.11. The van der Waals surface area contributed by atoms with Crippen LogP contribution in [0.4, 0.5) is 5.13 Å². The third-order valence-corrected chi connectivity index (χ3v) is 8.01. The van der Waals surface area contributed by atoms with Crippen LogP contribution in [0.2, 0.25) is 0 Å². The highest BCUT2D eigenvalue weighted by molar-refractivity contribution is 8.00. The second kappa shape index (κ2) is 10.8. The minimum atomic E-state index is -0.562. The number of aromatic nitrogens is 1. The zero-order valence-electron chi connectivity index (χ0n) is 19.1. The van der Waals surface area contributed by atoms with Crippen LogP contribution in [0.25, 0.3) is 6.08 Å². The molecule has 35 heavy (non-hydrogen) atoms. The van der Waals surface area contributed by atoms with Gasteiger partial charge in [0.2, 0.25) is 5.91 Å². The normalized spacial score (nSPS) is 20.1. The predicted molar refractivity (Wildman–Crippen MR) is 139 cm³/mol. The summed E-state index contributed by atoms with van der Waals surface area (Å²) in [4.78, 5) is 49.0. The Morgan fingerprint density at radius 2 is 2.06 bits per heavy atom. The Morgan fingerprint density at radius 3 is 2.66 bits per heavy atom. The van der Waals surface area contributed by atoms with Crippen molar-refractivity contribution in [2.45, 2.75) is 24.6 Å². The molecule has 2 atom stereocenters. The van der Waals surface area contributed by atoms with Gasteiger partial charge in [0.15, 0.2) is 22.4 Å². The van der Waals surface area contributed by atoms with Crippen molar-refractivity contribution in [2.75, 3.05) is 18.6 Å². The number of rotatable bonds is 9. The van der Waals surface area contributed by atoms with Crippen molar-refractivity contribution in [1.29, 1.82) is 0 Å². The number of alkyl halides is 1. The Kier molecular flexibility index (Phi) is 7.73. The number of hydrogen-bond acceptors (Lipinski definition) is 9. The van der Waals surface area contributed by atoms with Gasteiger partial charge in [-0.3, -0.25) is 19.3 Å². The highest BCUT2D eigenvalue weighted by Gasteiger charge is 2.53. The van der Waals surface area contributed by atoms with E-state index < -0.39 is 5.92 Å². The third kappa shape index (κ3) is 5.19. The van der Waals surface area contributed by atoms with Gasteiger partial charge in [0.05, 0.1) is 17.0 Å². The third-order valence-electron chi connectivity index (χ3n) is 5.67. The maximum absolute atomic E-state index is 13.1. The van der Waals surface area contributed by atoms with E-state index in [0.29, 0.717) is 28.2 Å². The number of fused-ring (bicyclic) bond motifs is 1. The van der Waals surface area contributed by atoms with Crippen LogP contribution >= 0.6 is 34.7 Å². The molecular weight excluding hydrogens is 508 g/mol. The van der Waals surface area contributed by atoms with Gasteiger partial charge in [0.25, 0.3) is 0 Å². The number of allylic oxidation sites excluding steroid dienone is 2. The Balaban J connectivity index is 1.52. The predicted octanol–water partition coefficient (Wildman–Crippen LogP) is 3.86. The van der Waals surface area contributed by atoms with Crippen molar-refractivity contribution in [2.24, 2.45) is 11.1 Å². The zero-order chi connectivity index (χ0) is 25.1. The molecule has 2 aromatic rings. The SMILES string of the molecule is CO/N=C(\C(=O)C[C@@H]1C(=O)N2C(C(C)=O)=C(C=Cc3ccc(CCl)cc3)CS[C@H]12)c1csc(N)n1. The number of halogens is 1. The smallest absolute Gasteiger partial charge is 0.234 e. The lowest BCUT2D eigenvalue weighted by Crippen LogP contribution is -2.61. The lowest BCUT2D eigenvalue weighted by molar-refractivity contribution is -0.150. The molecule has 2 aliphatic heterocycles. The van der Waals surface area contributed by atoms with E-state index >= 15 is 0 Å². The van der Waals surface area contributed by atoms with E-state index in [1.807, 2.05) is 36.4 Å². The first-order valence-electron chi connectivity index (χ1n) is 10.7.